The van der Waals surface area contributed by atoms with Gasteiger partial charge in [0, 0.05) is 23.2 Å². The molecule has 0 aliphatic rings. The molecule has 0 spiro atoms. The third-order valence-corrected chi connectivity index (χ3v) is 3.77. The van der Waals surface area contributed by atoms with Crippen LogP contribution in [0.4, 0.5) is 0 Å². The molecule has 0 fully saturated rings. The second kappa shape index (κ2) is 8.99. The van der Waals surface area contributed by atoms with Gasteiger partial charge in [-0.1, -0.05) is 23.7 Å². The van der Waals surface area contributed by atoms with Crippen molar-refractivity contribution in [2.45, 2.75) is 6.54 Å². The monoisotopic (exact) mass is 361 g/mol. The molecule has 0 saturated heterocycles. The van der Waals surface area contributed by atoms with Gasteiger partial charge in [0.25, 0.3) is 0 Å². The molecule has 0 radical (unpaired) electrons. The number of amides is 1. The largest absolute Gasteiger partial charge is 0.496 e. The first-order valence-electron chi connectivity index (χ1n) is 7.57. The Labute approximate surface area is 152 Å². The van der Waals surface area contributed by atoms with E-state index in [0.717, 1.165) is 11.1 Å². The fourth-order valence-electron chi connectivity index (χ4n) is 2.27. The van der Waals surface area contributed by atoms with E-state index in [1.54, 1.807) is 51.7 Å². The zero-order chi connectivity index (χ0) is 18.2. The number of benzene rings is 2. The molecule has 1 N–H and O–H groups in total. The number of carbonyl (C=O) groups is 1. The van der Waals surface area contributed by atoms with E-state index < -0.39 is 0 Å². The van der Waals surface area contributed by atoms with Gasteiger partial charge < -0.3 is 19.5 Å². The lowest BCUT2D eigenvalue weighted by Gasteiger charge is -2.15. The van der Waals surface area contributed by atoms with E-state index in [-0.39, 0.29) is 12.5 Å². The molecule has 0 unspecified atom stereocenters. The minimum Gasteiger partial charge on any atom is -0.496 e. The van der Waals surface area contributed by atoms with Crippen LogP contribution in [-0.2, 0) is 11.3 Å². The van der Waals surface area contributed by atoms with Gasteiger partial charge in [0.2, 0.25) is 5.91 Å². The molecular formula is C19H20ClNO4. The quantitative estimate of drug-likeness (QED) is 0.764. The van der Waals surface area contributed by atoms with E-state index in [9.17, 15) is 4.79 Å². The number of hydrogen-bond acceptors (Lipinski definition) is 4. The summed E-state index contributed by atoms with van der Waals surface area (Å²) < 4.78 is 15.9. The number of halogens is 1. The maximum atomic E-state index is 12.1. The number of methoxy groups -OCH3 is 3. The second-order valence-corrected chi connectivity index (χ2v) is 5.55. The first kappa shape index (κ1) is 18.7. The summed E-state index contributed by atoms with van der Waals surface area (Å²) in [6.45, 7) is 0.259. The highest BCUT2D eigenvalue weighted by molar-refractivity contribution is 6.30. The van der Waals surface area contributed by atoms with Gasteiger partial charge in [-0.15, -0.1) is 0 Å². The van der Waals surface area contributed by atoms with Gasteiger partial charge in [-0.25, -0.2) is 0 Å². The average Bonchev–Trinajstić information content (AvgIpc) is 2.63. The van der Waals surface area contributed by atoms with Crippen LogP contribution in [0.25, 0.3) is 6.08 Å². The molecule has 6 heteroatoms. The van der Waals surface area contributed by atoms with Crippen molar-refractivity contribution in [2.75, 3.05) is 21.3 Å². The van der Waals surface area contributed by atoms with Gasteiger partial charge >= 0.3 is 0 Å². The number of rotatable bonds is 7. The van der Waals surface area contributed by atoms with Gasteiger partial charge in [0.05, 0.1) is 33.4 Å². The molecule has 0 heterocycles. The van der Waals surface area contributed by atoms with Crippen LogP contribution in [0.3, 0.4) is 0 Å². The molecule has 2 aromatic rings. The lowest BCUT2D eigenvalue weighted by atomic mass is 10.1. The molecule has 132 valence electrons. The lowest BCUT2D eigenvalue weighted by Crippen LogP contribution is -2.21. The molecule has 0 aliphatic heterocycles. The highest BCUT2D eigenvalue weighted by Gasteiger charge is 2.13. The Bertz CT molecular complexity index is 749. The summed E-state index contributed by atoms with van der Waals surface area (Å²) >= 11 is 5.92. The van der Waals surface area contributed by atoms with Crippen LogP contribution in [0.15, 0.2) is 42.5 Å². The van der Waals surface area contributed by atoms with Crippen LogP contribution in [0.5, 0.6) is 17.2 Å². The lowest BCUT2D eigenvalue weighted by molar-refractivity contribution is -0.116. The predicted octanol–water partition coefficient (Wildman–Crippen LogP) is 3.70. The van der Waals surface area contributed by atoms with Crippen LogP contribution in [-0.4, -0.2) is 27.2 Å². The molecule has 1 amide bonds. The molecule has 2 aromatic carbocycles. The van der Waals surface area contributed by atoms with E-state index in [1.807, 2.05) is 12.1 Å². The Morgan fingerprint density at radius 1 is 1.08 bits per heavy atom. The average molecular weight is 362 g/mol. The Morgan fingerprint density at radius 2 is 1.76 bits per heavy atom. The molecule has 25 heavy (non-hydrogen) atoms. The summed E-state index contributed by atoms with van der Waals surface area (Å²) in [5.41, 5.74) is 1.58. The summed E-state index contributed by atoms with van der Waals surface area (Å²) in [7, 11) is 4.67. The van der Waals surface area contributed by atoms with Gasteiger partial charge in [-0.05, 0) is 23.8 Å². The van der Waals surface area contributed by atoms with E-state index in [0.29, 0.717) is 22.3 Å². The Morgan fingerprint density at radius 3 is 2.32 bits per heavy atom. The smallest absolute Gasteiger partial charge is 0.244 e. The Kier molecular flexibility index (Phi) is 6.71. The van der Waals surface area contributed by atoms with Crippen molar-refractivity contribution in [3.05, 3.63) is 58.6 Å². The molecule has 5 nitrogen and oxygen atoms in total. The van der Waals surface area contributed by atoms with Crippen molar-refractivity contribution >= 4 is 23.6 Å². The highest BCUT2D eigenvalue weighted by atomic mass is 35.5. The van der Waals surface area contributed by atoms with Crippen LogP contribution in [0.1, 0.15) is 11.1 Å². The van der Waals surface area contributed by atoms with Crippen LogP contribution in [0.2, 0.25) is 5.02 Å². The van der Waals surface area contributed by atoms with E-state index in [1.165, 1.54) is 6.08 Å². The number of nitrogens with one attached hydrogen (secondary N) is 1. The molecular weight excluding hydrogens is 342 g/mol. The summed E-state index contributed by atoms with van der Waals surface area (Å²) in [6, 6.07) is 10.7. The normalized spacial score (nSPS) is 10.6. The Balaban J connectivity index is 2.08. The number of ether oxygens (including phenoxy) is 3. The Hall–Kier alpha value is -2.66. The minimum atomic E-state index is -0.236. The molecule has 0 aromatic heterocycles. The molecule has 0 saturated carbocycles. The number of hydrogen-bond donors (Lipinski definition) is 1. The maximum absolute atomic E-state index is 12.1. The number of carbonyl (C=O) groups excluding carboxylic acids is 1. The van der Waals surface area contributed by atoms with E-state index >= 15 is 0 Å². The fraction of sp³-hybridized carbons (Fsp3) is 0.211. The van der Waals surface area contributed by atoms with Crippen LogP contribution >= 0.6 is 11.6 Å². The van der Waals surface area contributed by atoms with Crippen molar-refractivity contribution in [1.29, 1.82) is 0 Å². The van der Waals surface area contributed by atoms with E-state index in [4.69, 9.17) is 25.8 Å². The summed E-state index contributed by atoms with van der Waals surface area (Å²) in [5.74, 6) is 1.54. The van der Waals surface area contributed by atoms with Gasteiger partial charge in [-0.3, -0.25) is 4.79 Å². The minimum absolute atomic E-state index is 0.236. The zero-order valence-electron chi connectivity index (χ0n) is 14.3. The highest BCUT2D eigenvalue weighted by Crippen LogP contribution is 2.33. The van der Waals surface area contributed by atoms with Crippen molar-refractivity contribution < 1.29 is 19.0 Å². The second-order valence-electron chi connectivity index (χ2n) is 5.12. The molecule has 2 rings (SSSR count). The van der Waals surface area contributed by atoms with Crippen molar-refractivity contribution in [2.24, 2.45) is 0 Å². The first-order chi connectivity index (χ1) is 12.1. The third-order valence-electron chi connectivity index (χ3n) is 3.53. The predicted molar refractivity (Wildman–Crippen MR) is 98.4 cm³/mol. The van der Waals surface area contributed by atoms with Gasteiger partial charge in [0.15, 0.2) is 0 Å². The third kappa shape index (κ3) is 5.16. The summed E-state index contributed by atoms with van der Waals surface area (Å²) in [4.78, 5) is 12.1. The molecule has 0 aliphatic carbocycles. The summed E-state index contributed by atoms with van der Waals surface area (Å²) in [6.07, 6.45) is 3.15. The van der Waals surface area contributed by atoms with Crippen molar-refractivity contribution in [3.63, 3.8) is 0 Å². The SMILES string of the molecule is COc1cc(OC)c(CNC(=O)C=Cc2cccc(Cl)c2)c(OC)c1. The van der Waals surface area contributed by atoms with Gasteiger partial charge in [-0.2, -0.15) is 0 Å². The van der Waals surface area contributed by atoms with E-state index in [2.05, 4.69) is 5.32 Å². The summed E-state index contributed by atoms with van der Waals surface area (Å²) in [5, 5.41) is 3.43. The standard InChI is InChI=1S/C19H20ClNO4/c1-23-15-10-17(24-2)16(18(11-15)25-3)12-21-19(22)8-7-13-5-4-6-14(20)9-13/h4-11H,12H2,1-3H3,(H,21,22). The maximum Gasteiger partial charge on any atom is 0.244 e. The van der Waals surface area contributed by atoms with Gasteiger partial charge in [0.1, 0.15) is 17.2 Å². The topological polar surface area (TPSA) is 56.8 Å². The first-order valence-corrected chi connectivity index (χ1v) is 7.95. The van der Waals surface area contributed by atoms with Crippen LogP contribution < -0.4 is 19.5 Å². The van der Waals surface area contributed by atoms with Crippen molar-refractivity contribution in [1.82, 2.24) is 5.32 Å². The fourth-order valence-corrected chi connectivity index (χ4v) is 2.47. The van der Waals surface area contributed by atoms with Crippen molar-refractivity contribution in [3.8, 4) is 17.2 Å². The molecule has 0 atom stereocenters. The van der Waals surface area contributed by atoms with Crippen LogP contribution in [0, 0.1) is 0 Å². The zero-order valence-corrected chi connectivity index (χ0v) is 15.1. The molecule has 0 bridgehead atoms.